The summed E-state index contributed by atoms with van der Waals surface area (Å²) in [5.74, 6) is 0. The van der Waals surface area contributed by atoms with Crippen LogP contribution >= 0.6 is 0 Å². The summed E-state index contributed by atoms with van der Waals surface area (Å²) >= 11 is 0. The van der Waals surface area contributed by atoms with Crippen molar-refractivity contribution in [1.82, 2.24) is 9.88 Å². The van der Waals surface area contributed by atoms with Gasteiger partial charge in [-0.2, -0.15) is 10.5 Å². The fraction of sp³-hybridized carbons (Fsp3) is 0.200. The standard InChI is InChI=1S/C20H16N4/c21-12-14-3-1-4-15(9-14)16-6-7-18-17(10-16)11-19(23-18)20-5-2-8-24(20)13-22/h1,3-4,6-7,9-11,20,23H,2,5,8H2/t20-/m0/s1. The molecule has 4 rings (SSSR count). The molecule has 2 aromatic carbocycles. The van der Waals surface area contributed by atoms with Gasteiger partial charge in [-0.3, -0.25) is 0 Å². The first-order chi connectivity index (χ1) is 11.8. The highest BCUT2D eigenvalue weighted by Gasteiger charge is 2.26. The summed E-state index contributed by atoms with van der Waals surface area (Å²) in [6, 6.07) is 18.4. The number of H-pyrrole nitrogens is 1. The summed E-state index contributed by atoms with van der Waals surface area (Å²) in [6.45, 7) is 0.836. The third-order valence-corrected chi connectivity index (χ3v) is 4.71. The van der Waals surface area contributed by atoms with E-state index in [2.05, 4.69) is 41.5 Å². The highest BCUT2D eigenvalue weighted by Crippen LogP contribution is 2.33. The van der Waals surface area contributed by atoms with Crippen molar-refractivity contribution in [3.63, 3.8) is 0 Å². The van der Waals surface area contributed by atoms with E-state index in [4.69, 9.17) is 5.26 Å². The molecule has 3 aromatic rings. The van der Waals surface area contributed by atoms with Gasteiger partial charge in [-0.05, 0) is 54.3 Å². The second-order valence-corrected chi connectivity index (χ2v) is 6.17. The lowest BCUT2D eigenvalue weighted by molar-refractivity contribution is 0.369. The Hall–Kier alpha value is -3.24. The Morgan fingerprint density at radius 3 is 2.75 bits per heavy atom. The Balaban J connectivity index is 1.74. The molecule has 0 saturated carbocycles. The molecule has 0 aliphatic carbocycles. The summed E-state index contributed by atoms with van der Waals surface area (Å²) in [5.41, 5.74) is 4.98. The van der Waals surface area contributed by atoms with Crippen LogP contribution in [0.3, 0.4) is 0 Å². The minimum Gasteiger partial charge on any atom is -0.357 e. The van der Waals surface area contributed by atoms with Gasteiger partial charge in [0.25, 0.3) is 0 Å². The lowest BCUT2D eigenvalue weighted by Crippen LogP contribution is -2.17. The third kappa shape index (κ3) is 2.39. The van der Waals surface area contributed by atoms with Crippen LogP contribution in [0.5, 0.6) is 0 Å². The van der Waals surface area contributed by atoms with Crippen molar-refractivity contribution in [2.75, 3.05) is 6.54 Å². The Morgan fingerprint density at radius 2 is 1.92 bits per heavy atom. The maximum Gasteiger partial charge on any atom is 0.179 e. The van der Waals surface area contributed by atoms with Crippen LogP contribution in [0.1, 0.15) is 30.1 Å². The fourth-order valence-corrected chi connectivity index (χ4v) is 3.49. The smallest absolute Gasteiger partial charge is 0.179 e. The summed E-state index contributed by atoms with van der Waals surface area (Å²) < 4.78 is 0. The van der Waals surface area contributed by atoms with Crippen LogP contribution in [-0.2, 0) is 0 Å². The van der Waals surface area contributed by atoms with Gasteiger partial charge >= 0.3 is 0 Å². The van der Waals surface area contributed by atoms with Gasteiger partial charge in [-0.1, -0.05) is 18.2 Å². The van der Waals surface area contributed by atoms with Gasteiger partial charge in [0.1, 0.15) is 0 Å². The monoisotopic (exact) mass is 312 g/mol. The predicted octanol–water partition coefficient (Wildman–Crippen LogP) is 4.32. The molecule has 0 spiro atoms. The lowest BCUT2D eigenvalue weighted by atomic mass is 10.0. The highest BCUT2D eigenvalue weighted by molar-refractivity contribution is 5.86. The van der Waals surface area contributed by atoms with E-state index in [9.17, 15) is 5.26 Å². The first-order valence-corrected chi connectivity index (χ1v) is 8.08. The van der Waals surface area contributed by atoms with E-state index in [0.29, 0.717) is 5.56 Å². The van der Waals surface area contributed by atoms with Crippen molar-refractivity contribution in [3.8, 4) is 23.4 Å². The number of aromatic nitrogens is 1. The average molecular weight is 312 g/mol. The van der Waals surface area contributed by atoms with Crippen LogP contribution in [0.25, 0.3) is 22.0 Å². The molecule has 1 fully saturated rings. The number of fused-ring (bicyclic) bond motifs is 1. The first kappa shape index (κ1) is 14.4. The van der Waals surface area contributed by atoms with Crippen LogP contribution in [0.2, 0.25) is 0 Å². The van der Waals surface area contributed by atoms with E-state index in [1.165, 1.54) is 0 Å². The molecule has 24 heavy (non-hydrogen) atoms. The Bertz CT molecular complexity index is 987. The number of benzene rings is 2. The topological polar surface area (TPSA) is 66.6 Å². The molecule has 116 valence electrons. The molecule has 0 radical (unpaired) electrons. The fourth-order valence-electron chi connectivity index (χ4n) is 3.49. The van der Waals surface area contributed by atoms with Crippen LogP contribution in [0.15, 0.2) is 48.5 Å². The molecule has 1 aliphatic rings. The van der Waals surface area contributed by atoms with Crippen LogP contribution in [0.4, 0.5) is 0 Å². The molecular weight excluding hydrogens is 296 g/mol. The average Bonchev–Trinajstić information content (AvgIpc) is 3.26. The number of hydrogen-bond donors (Lipinski definition) is 1. The number of rotatable bonds is 2. The van der Waals surface area contributed by atoms with E-state index >= 15 is 0 Å². The highest BCUT2D eigenvalue weighted by atomic mass is 15.2. The first-order valence-electron chi connectivity index (χ1n) is 8.08. The van der Waals surface area contributed by atoms with Crippen molar-refractivity contribution in [2.45, 2.75) is 18.9 Å². The number of aromatic amines is 1. The maximum atomic E-state index is 9.25. The van der Waals surface area contributed by atoms with Gasteiger partial charge in [-0.25, -0.2) is 0 Å². The molecule has 1 atom stereocenters. The molecule has 0 bridgehead atoms. The van der Waals surface area contributed by atoms with Crippen molar-refractivity contribution in [2.24, 2.45) is 0 Å². The number of likely N-dealkylation sites (tertiary alicyclic amines) is 1. The lowest BCUT2D eigenvalue weighted by Gasteiger charge is -2.16. The van der Waals surface area contributed by atoms with Crippen molar-refractivity contribution < 1.29 is 0 Å². The molecule has 0 amide bonds. The maximum absolute atomic E-state index is 9.25. The molecular formula is C20H16N4. The predicted molar refractivity (Wildman–Crippen MR) is 92.7 cm³/mol. The Labute approximate surface area is 140 Å². The van der Waals surface area contributed by atoms with Gasteiger partial charge in [0, 0.05) is 23.1 Å². The molecule has 2 heterocycles. The largest absolute Gasteiger partial charge is 0.357 e. The summed E-state index contributed by atoms with van der Waals surface area (Å²) in [6.07, 6.45) is 4.36. The molecule has 1 aliphatic heterocycles. The SMILES string of the molecule is N#Cc1cccc(-c2ccc3[nH]c([C@@H]4CCCN4C#N)cc3c2)c1. The van der Waals surface area contributed by atoms with Crippen LogP contribution in [0, 0.1) is 22.8 Å². The Kier molecular flexibility index (Phi) is 3.44. The van der Waals surface area contributed by atoms with Gasteiger partial charge in [-0.15, -0.1) is 0 Å². The van der Waals surface area contributed by atoms with E-state index < -0.39 is 0 Å². The third-order valence-electron chi connectivity index (χ3n) is 4.71. The number of nitriles is 2. The molecule has 1 saturated heterocycles. The number of nitrogens with zero attached hydrogens (tertiary/aromatic N) is 3. The zero-order valence-electron chi connectivity index (χ0n) is 13.2. The van der Waals surface area contributed by atoms with Crippen molar-refractivity contribution in [1.29, 1.82) is 10.5 Å². The molecule has 4 nitrogen and oxygen atoms in total. The van der Waals surface area contributed by atoms with Crippen LogP contribution < -0.4 is 0 Å². The molecule has 1 aromatic heterocycles. The zero-order valence-corrected chi connectivity index (χ0v) is 13.2. The van der Waals surface area contributed by atoms with Gasteiger partial charge in [0.2, 0.25) is 0 Å². The van der Waals surface area contributed by atoms with Gasteiger partial charge < -0.3 is 9.88 Å². The zero-order chi connectivity index (χ0) is 16.5. The molecule has 1 N–H and O–H groups in total. The van der Waals surface area contributed by atoms with E-state index in [-0.39, 0.29) is 6.04 Å². The second kappa shape index (κ2) is 5.76. The minimum atomic E-state index is 0.160. The van der Waals surface area contributed by atoms with Crippen molar-refractivity contribution >= 4 is 10.9 Å². The van der Waals surface area contributed by atoms with Crippen molar-refractivity contribution in [3.05, 3.63) is 59.8 Å². The van der Waals surface area contributed by atoms with Gasteiger partial charge in [0.15, 0.2) is 6.19 Å². The number of nitrogens with one attached hydrogen (secondary N) is 1. The Morgan fingerprint density at radius 1 is 1.04 bits per heavy atom. The number of hydrogen-bond acceptors (Lipinski definition) is 3. The molecule has 4 heteroatoms. The normalized spacial score (nSPS) is 16.9. The minimum absolute atomic E-state index is 0.160. The van der Waals surface area contributed by atoms with E-state index in [1.54, 1.807) is 0 Å². The van der Waals surface area contributed by atoms with E-state index in [0.717, 1.165) is 47.1 Å². The summed E-state index contributed by atoms with van der Waals surface area (Å²) in [7, 11) is 0. The molecule has 0 unspecified atom stereocenters. The summed E-state index contributed by atoms with van der Waals surface area (Å²) in [5, 5.41) is 19.5. The van der Waals surface area contributed by atoms with Gasteiger partial charge in [0.05, 0.1) is 17.7 Å². The quantitative estimate of drug-likeness (QED) is 0.716. The van der Waals surface area contributed by atoms with E-state index in [1.807, 2.05) is 29.2 Å². The van der Waals surface area contributed by atoms with Crippen LogP contribution in [-0.4, -0.2) is 16.4 Å². The second-order valence-electron chi connectivity index (χ2n) is 6.17. The summed E-state index contributed by atoms with van der Waals surface area (Å²) in [4.78, 5) is 5.31.